The molecule has 0 saturated carbocycles. The number of hydrogen-bond donors (Lipinski definition) is 1. The average molecular weight is 330 g/mol. The maximum absolute atomic E-state index is 11.9. The Bertz CT molecular complexity index is 436. The van der Waals surface area contributed by atoms with Gasteiger partial charge >= 0.3 is 5.97 Å². The zero-order valence-corrected chi connectivity index (χ0v) is 12.2. The van der Waals surface area contributed by atoms with E-state index in [9.17, 15) is 9.59 Å². The first-order valence-electron chi connectivity index (χ1n) is 5.90. The normalized spacial score (nSPS) is 9.79. The Balaban J connectivity index is 2.63. The second-order valence-corrected chi connectivity index (χ2v) is 4.31. The summed E-state index contributed by atoms with van der Waals surface area (Å²) in [6.45, 7) is 2.31. The molecule has 0 fully saturated rings. The summed E-state index contributed by atoms with van der Waals surface area (Å²) in [5.41, 5.74) is 0.396. The molecule has 0 aliphatic heterocycles. The number of para-hydroxylation sites is 1. The van der Waals surface area contributed by atoms with Gasteiger partial charge in [-0.3, -0.25) is 9.59 Å². The molecule has 0 aliphatic carbocycles. The Labute approximate surface area is 120 Å². The number of ether oxygens (including phenoxy) is 2. The molecule has 1 aromatic rings. The van der Waals surface area contributed by atoms with Crippen LogP contribution in [0.1, 0.15) is 17.3 Å². The smallest absolute Gasteiger partial charge is 0.325 e. The fourth-order valence-corrected chi connectivity index (χ4v) is 1.55. The van der Waals surface area contributed by atoms with Crippen molar-refractivity contribution in [1.29, 1.82) is 0 Å². The number of carbonyl (C=O) groups excluding carboxylic acids is 2. The fourth-order valence-electron chi connectivity index (χ4n) is 1.39. The third-order valence-electron chi connectivity index (χ3n) is 2.17. The number of benzene rings is 1. The van der Waals surface area contributed by atoms with Crippen LogP contribution in [-0.4, -0.2) is 37.0 Å². The van der Waals surface area contributed by atoms with Crippen molar-refractivity contribution in [3.63, 3.8) is 0 Å². The highest BCUT2D eigenvalue weighted by Gasteiger charge is 2.13. The van der Waals surface area contributed by atoms with Crippen LogP contribution >= 0.6 is 15.9 Å². The van der Waals surface area contributed by atoms with Crippen molar-refractivity contribution in [1.82, 2.24) is 5.32 Å². The van der Waals surface area contributed by atoms with Gasteiger partial charge in [0.1, 0.15) is 12.3 Å². The number of halogens is 1. The van der Waals surface area contributed by atoms with Gasteiger partial charge in [-0.25, -0.2) is 0 Å². The summed E-state index contributed by atoms with van der Waals surface area (Å²) < 4.78 is 10.2. The van der Waals surface area contributed by atoms with Crippen molar-refractivity contribution in [2.75, 3.05) is 25.1 Å². The van der Waals surface area contributed by atoms with Gasteiger partial charge in [-0.05, 0) is 19.1 Å². The van der Waals surface area contributed by atoms with Crippen molar-refractivity contribution in [2.24, 2.45) is 0 Å². The van der Waals surface area contributed by atoms with Crippen molar-refractivity contribution >= 4 is 27.8 Å². The first kappa shape index (κ1) is 15.5. The van der Waals surface area contributed by atoms with E-state index in [2.05, 4.69) is 21.2 Å². The molecule has 0 aromatic heterocycles. The Morgan fingerprint density at radius 1 is 1.32 bits per heavy atom. The van der Waals surface area contributed by atoms with Crippen LogP contribution in [-0.2, 0) is 9.53 Å². The third kappa shape index (κ3) is 5.30. The van der Waals surface area contributed by atoms with E-state index in [1.807, 2.05) is 0 Å². The van der Waals surface area contributed by atoms with Gasteiger partial charge in [0.2, 0.25) is 0 Å². The number of esters is 1. The van der Waals surface area contributed by atoms with Crippen molar-refractivity contribution in [2.45, 2.75) is 6.92 Å². The average Bonchev–Trinajstić information content (AvgIpc) is 2.43. The van der Waals surface area contributed by atoms with Crippen molar-refractivity contribution in [3.8, 4) is 5.75 Å². The summed E-state index contributed by atoms with van der Waals surface area (Å²) in [7, 11) is 0. The summed E-state index contributed by atoms with van der Waals surface area (Å²) in [5, 5.41) is 3.17. The van der Waals surface area contributed by atoms with Gasteiger partial charge in [-0.2, -0.15) is 0 Å². The molecule has 5 nitrogen and oxygen atoms in total. The lowest BCUT2D eigenvalue weighted by atomic mass is 10.2. The second kappa shape index (κ2) is 8.53. The number of amides is 1. The van der Waals surface area contributed by atoms with E-state index < -0.39 is 5.97 Å². The van der Waals surface area contributed by atoms with E-state index in [0.717, 1.165) is 0 Å². The Hall–Kier alpha value is -1.56. The molecular weight excluding hydrogens is 314 g/mol. The highest BCUT2D eigenvalue weighted by molar-refractivity contribution is 9.09. The minimum absolute atomic E-state index is 0.153. The highest BCUT2D eigenvalue weighted by atomic mass is 79.9. The molecule has 19 heavy (non-hydrogen) atoms. The molecule has 0 aliphatic rings. The quantitative estimate of drug-likeness (QED) is 0.611. The number of rotatable bonds is 7. The first-order chi connectivity index (χ1) is 9.19. The summed E-state index contributed by atoms with van der Waals surface area (Å²) in [5.74, 6) is -0.337. The van der Waals surface area contributed by atoms with E-state index in [4.69, 9.17) is 9.47 Å². The number of hydrogen-bond acceptors (Lipinski definition) is 4. The third-order valence-corrected chi connectivity index (χ3v) is 2.49. The zero-order chi connectivity index (χ0) is 14.1. The maximum atomic E-state index is 11.9. The molecule has 6 heteroatoms. The Morgan fingerprint density at radius 2 is 2.05 bits per heavy atom. The molecule has 1 aromatic carbocycles. The van der Waals surface area contributed by atoms with Crippen molar-refractivity contribution < 1.29 is 19.1 Å². The molecule has 0 radical (unpaired) electrons. The summed E-state index contributed by atoms with van der Waals surface area (Å²) >= 11 is 3.25. The molecule has 1 amide bonds. The van der Waals surface area contributed by atoms with Gasteiger partial charge in [-0.15, -0.1) is 0 Å². The molecule has 1 rings (SSSR count). The van der Waals surface area contributed by atoms with Crippen LogP contribution < -0.4 is 10.1 Å². The van der Waals surface area contributed by atoms with Gasteiger partial charge in [-0.1, -0.05) is 28.1 Å². The van der Waals surface area contributed by atoms with E-state index in [-0.39, 0.29) is 12.5 Å². The Kier molecular flexibility index (Phi) is 6.95. The van der Waals surface area contributed by atoms with Gasteiger partial charge in [0, 0.05) is 5.33 Å². The minimum atomic E-state index is -0.463. The predicted octanol–water partition coefficient (Wildman–Crippen LogP) is 1.75. The monoisotopic (exact) mass is 329 g/mol. The van der Waals surface area contributed by atoms with Crippen LogP contribution in [0.2, 0.25) is 0 Å². The molecule has 0 saturated heterocycles. The van der Waals surface area contributed by atoms with E-state index in [0.29, 0.717) is 29.9 Å². The van der Waals surface area contributed by atoms with Gasteiger partial charge in [0.15, 0.2) is 0 Å². The lowest BCUT2D eigenvalue weighted by Gasteiger charge is -2.10. The Morgan fingerprint density at radius 3 is 2.74 bits per heavy atom. The molecule has 1 N–H and O–H groups in total. The lowest BCUT2D eigenvalue weighted by molar-refractivity contribution is -0.141. The zero-order valence-electron chi connectivity index (χ0n) is 10.6. The number of alkyl halides is 1. The van der Waals surface area contributed by atoms with Gasteiger partial charge in [0.25, 0.3) is 5.91 Å². The number of carbonyl (C=O) groups is 2. The number of nitrogens with one attached hydrogen (secondary N) is 1. The molecule has 104 valence electrons. The fraction of sp³-hybridized carbons (Fsp3) is 0.385. The molecule has 0 heterocycles. The van der Waals surface area contributed by atoms with E-state index in [1.165, 1.54) is 0 Å². The van der Waals surface area contributed by atoms with Crippen LogP contribution in [0.5, 0.6) is 5.75 Å². The first-order valence-corrected chi connectivity index (χ1v) is 7.02. The molecular formula is C13H16BrNO4. The molecule has 0 atom stereocenters. The standard InChI is InChI=1S/C13H16BrNO4/c1-2-18-12(16)9-15-13(17)10-5-3-4-6-11(10)19-8-7-14/h3-6H,2,7-9H2,1H3,(H,15,17). The minimum Gasteiger partial charge on any atom is -0.492 e. The summed E-state index contributed by atoms with van der Waals surface area (Å²) in [4.78, 5) is 23.1. The topological polar surface area (TPSA) is 64.6 Å². The lowest BCUT2D eigenvalue weighted by Crippen LogP contribution is -2.30. The largest absolute Gasteiger partial charge is 0.492 e. The highest BCUT2D eigenvalue weighted by Crippen LogP contribution is 2.17. The molecule has 0 bridgehead atoms. The van der Waals surface area contributed by atoms with Crippen LogP contribution in [0.15, 0.2) is 24.3 Å². The van der Waals surface area contributed by atoms with Crippen LogP contribution in [0.3, 0.4) is 0 Å². The van der Waals surface area contributed by atoms with E-state index >= 15 is 0 Å². The van der Waals surface area contributed by atoms with Gasteiger partial charge < -0.3 is 14.8 Å². The summed E-state index contributed by atoms with van der Waals surface area (Å²) in [6, 6.07) is 6.87. The summed E-state index contributed by atoms with van der Waals surface area (Å²) in [6.07, 6.45) is 0. The molecule has 0 unspecified atom stereocenters. The van der Waals surface area contributed by atoms with Crippen LogP contribution in [0, 0.1) is 0 Å². The predicted molar refractivity (Wildman–Crippen MR) is 74.7 cm³/mol. The second-order valence-electron chi connectivity index (χ2n) is 3.52. The maximum Gasteiger partial charge on any atom is 0.325 e. The van der Waals surface area contributed by atoms with Crippen LogP contribution in [0.25, 0.3) is 0 Å². The van der Waals surface area contributed by atoms with Crippen LogP contribution in [0.4, 0.5) is 0 Å². The SMILES string of the molecule is CCOC(=O)CNC(=O)c1ccccc1OCCBr. The van der Waals surface area contributed by atoms with Gasteiger partial charge in [0.05, 0.1) is 18.8 Å². The van der Waals surface area contributed by atoms with Crippen molar-refractivity contribution in [3.05, 3.63) is 29.8 Å². The molecule has 0 spiro atoms. The van der Waals surface area contributed by atoms with E-state index in [1.54, 1.807) is 31.2 Å².